The van der Waals surface area contributed by atoms with Crippen molar-refractivity contribution in [3.05, 3.63) is 59.2 Å². The minimum atomic E-state index is -3.84. The quantitative estimate of drug-likeness (QED) is 0.554. The lowest BCUT2D eigenvalue weighted by Crippen LogP contribution is -2.52. The second-order valence-electron chi connectivity index (χ2n) is 8.73. The van der Waals surface area contributed by atoms with Crippen molar-refractivity contribution in [2.45, 2.75) is 53.2 Å². The van der Waals surface area contributed by atoms with Gasteiger partial charge in [-0.2, -0.15) is 0 Å². The molecule has 2 amide bonds. The first-order valence-electron chi connectivity index (χ1n) is 11.1. The van der Waals surface area contributed by atoms with E-state index in [-0.39, 0.29) is 24.2 Å². The van der Waals surface area contributed by atoms with Crippen molar-refractivity contribution in [2.24, 2.45) is 0 Å². The number of hydrogen-bond acceptors (Lipinski definition) is 5. The maximum absolute atomic E-state index is 13.6. The molecule has 9 heteroatoms. The average molecular weight is 490 g/mol. The zero-order valence-corrected chi connectivity index (χ0v) is 21.8. The number of nitrogens with zero attached hydrogens (tertiary/aromatic N) is 2. The number of carbonyl (C=O) groups excluding carboxylic acids is 2. The Morgan fingerprint density at radius 2 is 1.71 bits per heavy atom. The van der Waals surface area contributed by atoms with Gasteiger partial charge in [0.1, 0.15) is 18.3 Å². The normalized spacial score (nSPS) is 12.2. The first-order valence-corrected chi connectivity index (χ1v) is 13.0. The molecule has 0 spiro atoms. The number of carbonyl (C=O) groups is 2. The lowest BCUT2D eigenvalue weighted by Gasteiger charge is -2.32. The summed E-state index contributed by atoms with van der Waals surface area (Å²) >= 11 is 0. The zero-order chi connectivity index (χ0) is 25.6. The topological polar surface area (TPSA) is 96.0 Å². The number of methoxy groups -OCH3 is 1. The Morgan fingerprint density at radius 3 is 2.26 bits per heavy atom. The van der Waals surface area contributed by atoms with Crippen LogP contribution in [-0.2, 0) is 26.2 Å². The maximum atomic E-state index is 13.6. The SMILES string of the molecule is COc1ccc(C)cc1N(CC(=O)N(Cc1ccccc1C)[C@@H](C)C(=O)NC(C)C)S(C)(=O)=O. The number of hydrogen-bond donors (Lipinski definition) is 1. The molecule has 8 nitrogen and oxygen atoms in total. The van der Waals surface area contributed by atoms with Crippen LogP contribution in [0.4, 0.5) is 5.69 Å². The van der Waals surface area contributed by atoms with E-state index in [1.165, 1.54) is 12.0 Å². The summed E-state index contributed by atoms with van der Waals surface area (Å²) in [5, 5.41) is 2.83. The van der Waals surface area contributed by atoms with Gasteiger partial charge >= 0.3 is 0 Å². The second kappa shape index (κ2) is 11.4. The monoisotopic (exact) mass is 489 g/mol. The van der Waals surface area contributed by atoms with E-state index in [0.717, 1.165) is 27.3 Å². The summed E-state index contributed by atoms with van der Waals surface area (Å²) in [5.74, 6) is -0.473. The van der Waals surface area contributed by atoms with Gasteiger partial charge in [0.15, 0.2) is 0 Å². The first kappa shape index (κ1) is 27.2. The minimum Gasteiger partial charge on any atom is -0.495 e. The average Bonchev–Trinajstić information content (AvgIpc) is 2.75. The van der Waals surface area contributed by atoms with Crippen molar-refractivity contribution in [2.75, 3.05) is 24.2 Å². The third kappa shape index (κ3) is 6.96. The third-order valence-corrected chi connectivity index (χ3v) is 6.61. The number of nitrogens with one attached hydrogen (secondary N) is 1. The molecule has 0 heterocycles. The summed E-state index contributed by atoms with van der Waals surface area (Å²) in [4.78, 5) is 27.8. The van der Waals surface area contributed by atoms with E-state index in [9.17, 15) is 18.0 Å². The predicted octanol–water partition coefficient (Wildman–Crippen LogP) is 3.02. The fourth-order valence-electron chi connectivity index (χ4n) is 3.55. The highest BCUT2D eigenvalue weighted by atomic mass is 32.2. The van der Waals surface area contributed by atoms with Gasteiger partial charge in [-0.3, -0.25) is 13.9 Å². The fourth-order valence-corrected chi connectivity index (χ4v) is 4.39. The fraction of sp³-hybridized carbons (Fsp3) is 0.440. The lowest BCUT2D eigenvalue weighted by atomic mass is 10.1. The summed E-state index contributed by atoms with van der Waals surface area (Å²) in [6.07, 6.45) is 1.04. The van der Waals surface area contributed by atoms with Gasteiger partial charge < -0.3 is 15.0 Å². The molecule has 0 saturated heterocycles. The van der Waals surface area contributed by atoms with E-state index >= 15 is 0 Å². The van der Waals surface area contributed by atoms with Crippen molar-refractivity contribution < 1.29 is 22.7 Å². The molecular weight excluding hydrogens is 454 g/mol. The van der Waals surface area contributed by atoms with E-state index in [4.69, 9.17) is 4.74 Å². The molecule has 0 aliphatic carbocycles. The van der Waals surface area contributed by atoms with Gasteiger partial charge in [0.05, 0.1) is 19.1 Å². The second-order valence-corrected chi connectivity index (χ2v) is 10.6. The van der Waals surface area contributed by atoms with E-state index in [1.54, 1.807) is 25.1 Å². The summed E-state index contributed by atoms with van der Waals surface area (Å²) in [5.41, 5.74) is 2.93. The van der Waals surface area contributed by atoms with Crippen LogP contribution in [0.3, 0.4) is 0 Å². The molecule has 0 radical (unpaired) electrons. The highest BCUT2D eigenvalue weighted by Crippen LogP contribution is 2.31. The van der Waals surface area contributed by atoms with Crippen LogP contribution in [0.25, 0.3) is 0 Å². The number of amides is 2. The number of ether oxygens (including phenoxy) is 1. The molecule has 0 unspecified atom stereocenters. The van der Waals surface area contributed by atoms with Crippen LogP contribution in [0.5, 0.6) is 5.75 Å². The Morgan fingerprint density at radius 1 is 1.06 bits per heavy atom. The smallest absolute Gasteiger partial charge is 0.244 e. The maximum Gasteiger partial charge on any atom is 0.244 e. The van der Waals surface area contributed by atoms with Crippen LogP contribution >= 0.6 is 0 Å². The van der Waals surface area contributed by atoms with Gasteiger partial charge in [-0.05, 0) is 63.4 Å². The van der Waals surface area contributed by atoms with Crippen LogP contribution in [0.1, 0.15) is 37.5 Å². The van der Waals surface area contributed by atoms with Crippen molar-refractivity contribution >= 4 is 27.5 Å². The molecular formula is C25H35N3O5S. The van der Waals surface area contributed by atoms with Gasteiger partial charge in [0.2, 0.25) is 21.8 Å². The summed E-state index contributed by atoms with van der Waals surface area (Å²) in [6.45, 7) is 8.78. The molecule has 0 aliphatic heterocycles. The van der Waals surface area contributed by atoms with Gasteiger partial charge in [-0.1, -0.05) is 30.3 Å². The van der Waals surface area contributed by atoms with Gasteiger partial charge in [-0.15, -0.1) is 0 Å². The van der Waals surface area contributed by atoms with E-state index in [2.05, 4.69) is 5.32 Å². The summed E-state index contributed by atoms with van der Waals surface area (Å²) < 4.78 is 31.9. The molecule has 0 fully saturated rings. The van der Waals surface area contributed by atoms with Crippen molar-refractivity contribution in [3.8, 4) is 5.75 Å². The molecule has 0 aromatic heterocycles. The number of aryl methyl sites for hydroxylation is 2. The Hall–Kier alpha value is -3.07. The summed E-state index contributed by atoms with van der Waals surface area (Å²) in [6, 6.07) is 11.8. The number of rotatable bonds is 10. The number of anilines is 1. The Balaban J connectivity index is 2.48. The van der Waals surface area contributed by atoms with Crippen LogP contribution in [0.15, 0.2) is 42.5 Å². The van der Waals surface area contributed by atoms with Gasteiger partial charge in [0, 0.05) is 12.6 Å². The molecule has 0 bridgehead atoms. The molecule has 2 aromatic carbocycles. The van der Waals surface area contributed by atoms with E-state index in [1.807, 2.05) is 52.0 Å². The van der Waals surface area contributed by atoms with E-state index < -0.39 is 28.5 Å². The molecule has 186 valence electrons. The standard InChI is InChI=1S/C25H35N3O5S/c1-17(2)26-25(30)20(5)27(15-21-11-9-8-10-19(21)4)24(29)16-28(34(7,31)32)22-14-18(3)12-13-23(22)33-6/h8-14,17,20H,15-16H2,1-7H3,(H,26,30)/t20-/m0/s1. The highest BCUT2D eigenvalue weighted by molar-refractivity contribution is 7.92. The third-order valence-electron chi connectivity index (χ3n) is 5.48. The Labute approximate surface area is 202 Å². The number of sulfonamides is 1. The molecule has 2 rings (SSSR count). The van der Waals surface area contributed by atoms with Crippen LogP contribution in [0.2, 0.25) is 0 Å². The molecule has 1 N–H and O–H groups in total. The van der Waals surface area contributed by atoms with Crippen LogP contribution < -0.4 is 14.4 Å². The molecule has 34 heavy (non-hydrogen) atoms. The molecule has 1 atom stereocenters. The molecule has 0 saturated carbocycles. The van der Waals surface area contributed by atoms with Gasteiger partial charge in [-0.25, -0.2) is 8.42 Å². The minimum absolute atomic E-state index is 0.102. The van der Waals surface area contributed by atoms with Crippen molar-refractivity contribution in [1.82, 2.24) is 10.2 Å². The summed E-state index contributed by atoms with van der Waals surface area (Å²) in [7, 11) is -2.39. The zero-order valence-electron chi connectivity index (χ0n) is 21.0. The Bertz CT molecular complexity index is 1130. The molecule has 2 aromatic rings. The van der Waals surface area contributed by atoms with E-state index in [0.29, 0.717) is 5.75 Å². The first-order chi connectivity index (χ1) is 15.8. The molecule has 0 aliphatic rings. The predicted molar refractivity (Wildman–Crippen MR) is 134 cm³/mol. The van der Waals surface area contributed by atoms with Crippen LogP contribution in [-0.4, -0.2) is 57.1 Å². The Kier molecular flexibility index (Phi) is 9.09. The van der Waals surface area contributed by atoms with Crippen LogP contribution in [0, 0.1) is 13.8 Å². The van der Waals surface area contributed by atoms with Crippen molar-refractivity contribution in [3.63, 3.8) is 0 Å². The number of benzene rings is 2. The van der Waals surface area contributed by atoms with Crippen molar-refractivity contribution in [1.29, 1.82) is 0 Å². The highest BCUT2D eigenvalue weighted by Gasteiger charge is 2.31. The van der Waals surface area contributed by atoms with Gasteiger partial charge in [0.25, 0.3) is 0 Å². The largest absolute Gasteiger partial charge is 0.495 e. The lowest BCUT2D eigenvalue weighted by molar-refractivity contribution is -0.139.